The summed E-state index contributed by atoms with van der Waals surface area (Å²) in [6, 6.07) is 16.1. The predicted molar refractivity (Wildman–Crippen MR) is 129 cm³/mol. The molecule has 1 aliphatic rings. The fourth-order valence-electron chi connectivity index (χ4n) is 4.43. The Morgan fingerprint density at radius 1 is 1.06 bits per heavy atom. The average molecular weight is 448 g/mol. The third kappa shape index (κ3) is 4.75. The second-order valence-electron chi connectivity index (χ2n) is 8.75. The Kier molecular flexibility index (Phi) is 6.70. The van der Waals surface area contributed by atoms with Crippen LogP contribution in [0, 0.1) is 5.41 Å². The number of piperidine rings is 1. The van der Waals surface area contributed by atoms with E-state index in [2.05, 4.69) is 46.0 Å². The Morgan fingerprint density at radius 2 is 1.78 bits per heavy atom. The Labute approximate surface area is 193 Å². The third-order valence-corrected chi connectivity index (χ3v) is 7.07. The minimum atomic E-state index is -0.535. The molecule has 0 radical (unpaired) electrons. The molecule has 0 aliphatic carbocycles. The van der Waals surface area contributed by atoms with Crippen LogP contribution in [-0.2, 0) is 11.2 Å². The highest BCUT2D eigenvalue weighted by Crippen LogP contribution is 2.39. The molecule has 0 spiro atoms. The second kappa shape index (κ2) is 9.65. The molecule has 3 aromatic rings. The van der Waals surface area contributed by atoms with E-state index in [-0.39, 0.29) is 17.9 Å². The lowest BCUT2D eigenvalue weighted by Gasteiger charge is -2.41. The van der Waals surface area contributed by atoms with Crippen LogP contribution in [0.5, 0.6) is 0 Å². The third-order valence-electron chi connectivity index (χ3n) is 6.17. The van der Waals surface area contributed by atoms with E-state index in [9.17, 15) is 9.59 Å². The first kappa shape index (κ1) is 22.2. The van der Waals surface area contributed by atoms with Gasteiger partial charge in [-0.3, -0.25) is 14.6 Å². The van der Waals surface area contributed by atoms with Crippen molar-refractivity contribution in [3.8, 4) is 10.4 Å². The highest BCUT2D eigenvalue weighted by Gasteiger charge is 2.43. The van der Waals surface area contributed by atoms with Crippen molar-refractivity contribution in [2.24, 2.45) is 5.41 Å². The summed E-state index contributed by atoms with van der Waals surface area (Å²) in [5, 5.41) is 5.24. The molecule has 4 rings (SSSR count). The van der Waals surface area contributed by atoms with Crippen molar-refractivity contribution in [2.75, 3.05) is 13.1 Å². The summed E-state index contributed by atoms with van der Waals surface area (Å²) in [6.45, 7) is 5.11. The maximum absolute atomic E-state index is 13.5. The first-order valence-electron chi connectivity index (χ1n) is 11.1. The lowest BCUT2D eigenvalue weighted by molar-refractivity contribution is -0.134. The van der Waals surface area contributed by atoms with E-state index in [1.165, 1.54) is 16.0 Å². The van der Waals surface area contributed by atoms with Crippen molar-refractivity contribution in [3.63, 3.8) is 0 Å². The molecule has 3 heterocycles. The molecule has 1 aliphatic heterocycles. The average Bonchev–Trinajstić information content (AvgIpc) is 3.34. The van der Waals surface area contributed by atoms with Gasteiger partial charge >= 0.3 is 0 Å². The SMILES string of the molecule is CC(C)NC(=O)C1(Cc2ccccc2-c2cccs2)CCN(C(=O)c2ccncc2)CC1. The predicted octanol–water partition coefficient (Wildman–Crippen LogP) is 4.80. The summed E-state index contributed by atoms with van der Waals surface area (Å²) in [5.74, 6) is 0.0914. The molecule has 5 nitrogen and oxygen atoms in total. The molecule has 0 bridgehead atoms. The quantitative estimate of drug-likeness (QED) is 0.590. The first-order valence-corrected chi connectivity index (χ1v) is 12.0. The zero-order chi connectivity index (χ0) is 22.6. The Morgan fingerprint density at radius 3 is 2.44 bits per heavy atom. The van der Waals surface area contributed by atoms with Gasteiger partial charge in [-0.2, -0.15) is 0 Å². The Bertz CT molecular complexity index is 1060. The van der Waals surface area contributed by atoms with Crippen molar-refractivity contribution in [2.45, 2.75) is 39.2 Å². The Hall–Kier alpha value is -2.99. The lowest BCUT2D eigenvalue weighted by Crippen LogP contribution is -2.52. The number of nitrogens with one attached hydrogen (secondary N) is 1. The van der Waals surface area contributed by atoms with Gasteiger partial charge in [-0.25, -0.2) is 0 Å². The monoisotopic (exact) mass is 447 g/mol. The zero-order valence-corrected chi connectivity index (χ0v) is 19.4. The van der Waals surface area contributed by atoms with E-state index in [1.807, 2.05) is 24.8 Å². The molecule has 32 heavy (non-hydrogen) atoms. The molecular weight excluding hydrogens is 418 g/mol. The maximum Gasteiger partial charge on any atom is 0.253 e. The van der Waals surface area contributed by atoms with Crippen molar-refractivity contribution in [1.82, 2.24) is 15.2 Å². The van der Waals surface area contributed by atoms with Gasteiger partial charge in [0.2, 0.25) is 5.91 Å². The summed E-state index contributed by atoms with van der Waals surface area (Å²) in [7, 11) is 0. The van der Waals surface area contributed by atoms with Crippen LogP contribution in [0.2, 0.25) is 0 Å². The van der Waals surface area contributed by atoms with Crippen LogP contribution in [0.1, 0.15) is 42.6 Å². The summed E-state index contributed by atoms with van der Waals surface area (Å²) >= 11 is 1.71. The molecule has 1 aromatic carbocycles. The number of thiophene rings is 1. The molecule has 6 heteroatoms. The largest absolute Gasteiger partial charge is 0.353 e. The number of carbonyl (C=O) groups is 2. The minimum absolute atomic E-state index is 0.00394. The minimum Gasteiger partial charge on any atom is -0.353 e. The van der Waals surface area contributed by atoms with E-state index in [1.54, 1.807) is 35.9 Å². The number of amides is 2. The van der Waals surface area contributed by atoms with Gasteiger partial charge in [-0.1, -0.05) is 30.3 Å². The van der Waals surface area contributed by atoms with Crippen LogP contribution in [0.15, 0.2) is 66.3 Å². The number of hydrogen-bond donors (Lipinski definition) is 1. The van der Waals surface area contributed by atoms with Crippen molar-refractivity contribution in [3.05, 3.63) is 77.4 Å². The summed E-state index contributed by atoms with van der Waals surface area (Å²) in [5.41, 5.74) is 2.48. The van der Waals surface area contributed by atoms with Gasteiger partial charge in [0.25, 0.3) is 5.91 Å². The molecule has 166 valence electrons. The molecule has 1 saturated heterocycles. The summed E-state index contributed by atoms with van der Waals surface area (Å²) in [4.78, 5) is 33.5. The molecule has 1 N–H and O–H groups in total. The van der Waals surface area contributed by atoms with Gasteiger partial charge in [0, 0.05) is 42.0 Å². The van der Waals surface area contributed by atoms with Crippen molar-refractivity contribution in [1.29, 1.82) is 0 Å². The molecule has 0 saturated carbocycles. The number of carbonyl (C=O) groups excluding carboxylic acids is 2. The van der Waals surface area contributed by atoms with Gasteiger partial charge in [0.05, 0.1) is 5.41 Å². The molecule has 0 atom stereocenters. The van der Waals surface area contributed by atoms with Gasteiger partial charge in [-0.15, -0.1) is 11.3 Å². The van der Waals surface area contributed by atoms with Gasteiger partial charge in [-0.05, 0) is 67.8 Å². The van der Waals surface area contributed by atoms with E-state index in [0.717, 1.165) is 0 Å². The number of nitrogens with zero attached hydrogens (tertiary/aromatic N) is 2. The standard InChI is InChI=1S/C26H29N3O2S/c1-19(2)28-25(31)26(18-21-6-3-4-7-22(21)23-8-5-17-32-23)11-15-29(16-12-26)24(30)20-9-13-27-14-10-20/h3-10,13-14,17,19H,11-12,15-16,18H2,1-2H3,(H,28,31). The highest BCUT2D eigenvalue weighted by atomic mass is 32.1. The highest BCUT2D eigenvalue weighted by molar-refractivity contribution is 7.13. The van der Waals surface area contributed by atoms with Crippen LogP contribution in [0.4, 0.5) is 0 Å². The molecule has 0 unspecified atom stereocenters. The number of hydrogen-bond acceptors (Lipinski definition) is 4. The van der Waals surface area contributed by atoms with Gasteiger partial charge in [0.1, 0.15) is 0 Å². The summed E-state index contributed by atoms with van der Waals surface area (Å²) < 4.78 is 0. The number of rotatable bonds is 6. The number of likely N-dealkylation sites (tertiary alicyclic amines) is 1. The van der Waals surface area contributed by atoms with Crippen molar-refractivity contribution < 1.29 is 9.59 Å². The van der Waals surface area contributed by atoms with Crippen LogP contribution in [-0.4, -0.2) is 40.8 Å². The lowest BCUT2D eigenvalue weighted by atomic mass is 9.72. The normalized spacial score (nSPS) is 15.5. The zero-order valence-electron chi connectivity index (χ0n) is 18.6. The van der Waals surface area contributed by atoms with Crippen LogP contribution in [0.3, 0.4) is 0 Å². The number of pyridine rings is 1. The number of aromatic nitrogens is 1. The molecule has 1 fully saturated rings. The molecular formula is C26H29N3O2S. The van der Waals surface area contributed by atoms with E-state index < -0.39 is 5.41 Å². The number of benzene rings is 1. The van der Waals surface area contributed by atoms with Gasteiger partial charge in [0.15, 0.2) is 0 Å². The molecule has 2 aromatic heterocycles. The molecule has 2 amide bonds. The topological polar surface area (TPSA) is 62.3 Å². The smallest absolute Gasteiger partial charge is 0.253 e. The van der Waals surface area contributed by atoms with E-state index in [4.69, 9.17) is 0 Å². The first-order chi connectivity index (χ1) is 15.5. The van der Waals surface area contributed by atoms with E-state index in [0.29, 0.717) is 37.9 Å². The summed E-state index contributed by atoms with van der Waals surface area (Å²) in [6.07, 6.45) is 5.22. The second-order valence-corrected chi connectivity index (χ2v) is 9.70. The van der Waals surface area contributed by atoms with E-state index >= 15 is 0 Å². The fourth-order valence-corrected chi connectivity index (χ4v) is 5.21. The van der Waals surface area contributed by atoms with Crippen LogP contribution in [0.25, 0.3) is 10.4 Å². The van der Waals surface area contributed by atoms with Crippen LogP contribution < -0.4 is 5.32 Å². The van der Waals surface area contributed by atoms with Crippen molar-refractivity contribution >= 4 is 23.2 Å². The Balaban J connectivity index is 1.59. The van der Waals surface area contributed by atoms with Crippen LogP contribution >= 0.6 is 11.3 Å². The van der Waals surface area contributed by atoms with Gasteiger partial charge < -0.3 is 10.2 Å². The fraction of sp³-hybridized carbons (Fsp3) is 0.346. The maximum atomic E-state index is 13.5.